The first kappa shape index (κ1) is 28.1. The van der Waals surface area contributed by atoms with Crippen molar-refractivity contribution in [1.29, 1.82) is 0 Å². The van der Waals surface area contributed by atoms with Crippen LogP contribution in [0.15, 0.2) is 36.4 Å². The lowest BCUT2D eigenvalue weighted by atomic mass is 9.81. The fraction of sp³-hybridized carbons (Fsp3) is 0.552. The molecule has 1 unspecified atom stereocenters. The number of nitrogens with zero attached hydrogens (tertiary/aromatic N) is 2. The summed E-state index contributed by atoms with van der Waals surface area (Å²) in [5.74, 6) is 0.380. The molecule has 0 bridgehead atoms. The summed E-state index contributed by atoms with van der Waals surface area (Å²) >= 11 is 0. The Kier molecular flexibility index (Phi) is 9.77. The molecule has 208 valence electrons. The smallest absolute Gasteiger partial charge is 0.304 e. The molecule has 6 nitrogen and oxygen atoms in total. The van der Waals surface area contributed by atoms with Crippen molar-refractivity contribution >= 4 is 11.7 Å². The summed E-state index contributed by atoms with van der Waals surface area (Å²) in [7, 11) is 1.61. The third kappa shape index (κ3) is 7.12. The predicted molar refractivity (Wildman–Crippen MR) is 140 cm³/mol. The molecule has 1 N–H and O–H groups in total. The fourth-order valence-corrected chi connectivity index (χ4v) is 5.51. The van der Waals surface area contributed by atoms with E-state index in [0.29, 0.717) is 23.6 Å². The number of carbonyl (C=O) groups is 1. The van der Waals surface area contributed by atoms with Gasteiger partial charge in [0.15, 0.2) is 6.17 Å². The lowest BCUT2D eigenvalue weighted by Gasteiger charge is -2.36. The Hall–Kier alpha value is -2.94. The minimum atomic E-state index is -3.08. The summed E-state index contributed by atoms with van der Waals surface area (Å²) in [6.45, 7) is 3.80. The van der Waals surface area contributed by atoms with Gasteiger partial charge >= 0.3 is 5.97 Å². The van der Waals surface area contributed by atoms with Crippen LogP contribution in [0, 0.1) is 0 Å². The van der Waals surface area contributed by atoms with Crippen LogP contribution >= 0.6 is 0 Å². The second kappa shape index (κ2) is 13.2. The van der Waals surface area contributed by atoms with Gasteiger partial charge in [-0.3, -0.25) is 9.69 Å². The van der Waals surface area contributed by atoms with Crippen LogP contribution in [0.2, 0.25) is 0 Å². The van der Waals surface area contributed by atoms with Crippen molar-refractivity contribution in [3.05, 3.63) is 53.1 Å². The van der Waals surface area contributed by atoms with E-state index in [-0.39, 0.29) is 24.5 Å². The van der Waals surface area contributed by atoms with Crippen molar-refractivity contribution in [3.63, 3.8) is 0 Å². The van der Waals surface area contributed by atoms with E-state index in [1.807, 2.05) is 18.2 Å². The molecule has 1 atom stereocenters. The molecule has 1 heterocycles. The SMILES string of the molecule is COc1cc(COc2ccc(C3CCCCC3)c(C(F)C(F)F)c2)ccc1N1CCN(CCC(=O)O)CC1. The quantitative estimate of drug-likeness (QED) is 0.371. The number of hydrogen-bond acceptors (Lipinski definition) is 5. The highest BCUT2D eigenvalue weighted by Crippen LogP contribution is 2.40. The maximum Gasteiger partial charge on any atom is 0.304 e. The van der Waals surface area contributed by atoms with Gasteiger partial charge < -0.3 is 19.5 Å². The number of benzene rings is 2. The third-order valence-electron chi connectivity index (χ3n) is 7.63. The molecule has 2 aromatic rings. The predicted octanol–water partition coefficient (Wildman–Crippen LogP) is 6.19. The summed E-state index contributed by atoms with van der Waals surface area (Å²) in [4.78, 5) is 15.2. The average molecular weight is 535 g/mol. The second-order valence-corrected chi connectivity index (χ2v) is 10.1. The number of rotatable bonds is 11. The summed E-state index contributed by atoms with van der Waals surface area (Å²) in [6.07, 6.45) is -0.288. The normalized spacial score (nSPS) is 18.0. The van der Waals surface area contributed by atoms with Crippen LogP contribution in [0.5, 0.6) is 11.5 Å². The lowest BCUT2D eigenvalue weighted by molar-refractivity contribution is -0.137. The summed E-state index contributed by atoms with van der Waals surface area (Å²) in [5.41, 5.74) is 2.51. The van der Waals surface area contributed by atoms with E-state index in [4.69, 9.17) is 14.6 Å². The van der Waals surface area contributed by atoms with Crippen molar-refractivity contribution in [3.8, 4) is 11.5 Å². The summed E-state index contributed by atoms with van der Waals surface area (Å²) in [5, 5.41) is 8.90. The Morgan fingerprint density at radius 3 is 2.42 bits per heavy atom. The zero-order valence-electron chi connectivity index (χ0n) is 21.9. The Bertz CT molecular complexity index is 1070. The Balaban J connectivity index is 1.42. The first-order valence-corrected chi connectivity index (χ1v) is 13.4. The van der Waals surface area contributed by atoms with Crippen molar-refractivity contribution in [2.24, 2.45) is 0 Å². The number of hydrogen-bond donors (Lipinski definition) is 1. The standard InChI is InChI=1S/C29H37F3N2O4/c1-37-26-17-20(7-10-25(26)34-15-13-33(14-16-34)12-11-27(35)36)19-38-22-8-9-23(21-5-3-2-4-6-21)24(18-22)28(30)29(31)32/h7-10,17-18,21,28-29H,2-6,11-16,19H2,1H3,(H,35,36). The van der Waals surface area contributed by atoms with E-state index < -0.39 is 18.6 Å². The third-order valence-corrected chi connectivity index (χ3v) is 7.63. The van der Waals surface area contributed by atoms with Gasteiger partial charge in [-0.25, -0.2) is 13.2 Å². The molecular weight excluding hydrogens is 497 g/mol. The molecule has 1 aliphatic heterocycles. The number of carboxylic acid groups (broad SMARTS) is 1. The fourth-order valence-electron chi connectivity index (χ4n) is 5.51. The molecule has 2 aromatic carbocycles. The van der Waals surface area contributed by atoms with Gasteiger partial charge in [0.05, 0.1) is 19.2 Å². The highest BCUT2D eigenvalue weighted by molar-refractivity contribution is 5.66. The number of ether oxygens (including phenoxy) is 2. The maximum absolute atomic E-state index is 14.6. The Labute approximate surface area is 222 Å². The van der Waals surface area contributed by atoms with Gasteiger partial charge in [0.25, 0.3) is 6.43 Å². The van der Waals surface area contributed by atoms with Gasteiger partial charge in [-0.2, -0.15) is 0 Å². The largest absolute Gasteiger partial charge is 0.495 e. The van der Waals surface area contributed by atoms with Crippen LogP contribution in [0.4, 0.5) is 18.9 Å². The van der Waals surface area contributed by atoms with Gasteiger partial charge in [-0.05, 0) is 59.7 Å². The second-order valence-electron chi connectivity index (χ2n) is 10.1. The van der Waals surface area contributed by atoms with E-state index >= 15 is 0 Å². The van der Waals surface area contributed by atoms with Gasteiger partial charge in [-0.1, -0.05) is 31.4 Å². The molecule has 1 aliphatic carbocycles. The molecule has 38 heavy (non-hydrogen) atoms. The van der Waals surface area contributed by atoms with Crippen molar-refractivity contribution in [2.45, 2.75) is 63.6 Å². The highest BCUT2D eigenvalue weighted by Gasteiger charge is 2.28. The number of carboxylic acids is 1. The average Bonchev–Trinajstić information content (AvgIpc) is 2.95. The van der Waals surface area contributed by atoms with E-state index in [0.717, 1.165) is 69.5 Å². The number of halogens is 3. The van der Waals surface area contributed by atoms with Crippen LogP contribution in [-0.4, -0.2) is 62.2 Å². The van der Waals surface area contributed by atoms with Crippen LogP contribution in [0.1, 0.15) is 67.3 Å². The molecule has 0 amide bonds. The molecule has 4 rings (SSSR count). The maximum atomic E-state index is 14.6. The molecular formula is C29H37F3N2O4. The first-order valence-electron chi connectivity index (χ1n) is 13.4. The monoisotopic (exact) mass is 534 g/mol. The van der Waals surface area contributed by atoms with Gasteiger partial charge in [0, 0.05) is 32.7 Å². The van der Waals surface area contributed by atoms with Crippen molar-refractivity contribution in [2.75, 3.05) is 44.7 Å². The zero-order valence-corrected chi connectivity index (χ0v) is 21.9. The minimum Gasteiger partial charge on any atom is -0.495 e. The van der Waals surface area contributed by atoms with Crippen LogP contribution < -0.4 is 14.4 Å². The summed E-state index contributed by atoms with van der Waals surface area (Å²) < 4.78 is 52.8. The molecule has 9 heteroatoms. The van der Waals surface area contributed by atoms with E-state index in [9.17, 15) is 18.0 Å². The van der Waals surface area contributed by atoms with Gasteiger partial charge in [-0.15, -0.1) is 0 Å². The number of anilines is 1. The molecule has 0 radical (unpaired) electrons. The number of methoxy groups -OCH3 is 1. The van der Waals surface area contributed by atoms with E-state index in [1.54, 1.807) is 19.2 Å². The highest BCUT2D eigenvalue weighted by atomic mass is 19.3. The van der Waals surface area contributed by atoms with E-state index in [1.165, 1.54) is 6.07 Å². The summed E-state index contributed by atoms with van der Waals surface area (Å²) in [6, 6.07) is 10.7. The topological polar surface area (TPSA) is 62.2 Å². The van der Waals surface area contributed by atoms with Gasteiger partial charge in [0.1, 0.15) is 18.1 Å². The molecule has 0 spiro atoms. The van der Waals surface area contributed by atoms with E-state index in [2.05, 4.69) is 9.80 Å². The molecule has 0 aromatic heterocycles. The molecule has 1 saturated carbocycles. The van der Waals surface area contributed by atoms with Crippen molar-refractivity contribution in [1.82, 2.24) is 4.90 Å². The van der Waals surface area contributed by atoms with Crippen LogP contribution in [-0.2, 0) is 11.4 Å². The van der Waals surface area contributed by atoms with Gasteiger partial charge in [0.2, 0.25) is 0 Å². The number of alkyl halides is 3. The van der Waals surface area contributed by atoms with Crippen molar-refractivity contribution < 1.29 is 32.5 Å². The van der Waals surface area contributed by atoms with Crippen LogP contribution in [0.25, 0.3) is 0 Å². The first-order chi connectivity index (χ1) is 18.4. The number of aliphatic carboxylic acids is 1. The Morgan fingerprint density at radius 2 is 1.76 bits per heavy atom. The molecule has 2 fully saturated rings. The minimum absolute atomic E-state index is 0.0415. The molecule has 2 aliphatic rings. The lowest BCUT2D eigenvalue weighted by Crippen LogP contribution is -2.47. The molecule has 1 saturated heterocycles. The Morgan fingerprint density at radius 1 is 1.03 bits per heavy atom. The van der Waals surface area contributed by atoms with Crippen LogP contribution in [0.3, 0.4) is 0 Å². The zero-order chi connectivity index (χ0) is 27.1. The number of piperazine rings is 1.